The summed E-state index contributed by atoms with van der Waals surface area (Å²) in [6.45, 7) is 4.33. The first-order valence-corrected chi connectivity index (χ1v) is 8.52. The molecule has 1 heterocycles. The molecule has 2 aromatic carbocycles. The van der Waals surface area contributed by atoms with Gasteiger partial charge in [-0.1, -0.05) is 12.1 Å². The number of carbonyl (C=O) groups excluding carboxylic acids is 2. The topological polar surface area (TPSA) is 92.5 Å². The third-order valence-corrected chi connectivity index (χ3v) is 4.04. The molecule has 0 aliphatic carbocycles. The average Bonchev–Trinajstić information content (AvgIpc) is 3.09. The Hall–Kier alpha value is -3.48. The monoisotopic (exact) mass is 367 g/mol. The molecule has 0 radical (unpaired) electrons. The summed E-state index contributed by atoms with van der Waals surface area (Å²) >= 11 is 0. The van der Waals surface area contributed by atoms with Gasteiger partial charge in [0.25, 0.3) is 11.8 Å². The van der Waals surface area contributed by atoms with Gasteiger partial charge in [0.05, 0.1) is 13.7 Å². The first-order valence-electron chi connectivity index (χ1n) is 8.52. The van der Waals surface area contributed by atoms with Crippen LogP contribution >= 0.6 is 0 Å². The lowest BCUT2D eigenvalue weighted by Crippen LogP contribution is -2.41. The number of H-pyrrole nitrogens is 1. The van der Waals surface area contributed by atoms with Gasteiger partial charge in [-0.2, -0.15) is 0 Å². The fraction of sp³-hybridized carbons (Fsp3) is 0.200. The minimum Gasteiger partial charge on any atom is -0.493 e. The summed E-state index contributed by atoms with van der Waals surface area (Å²) < 4.78 is 10.7. The summed E-state index contributed by atoms with van der Waals surface area (Å²) in [5.74, 6) is 0.0996. The zero-order chi connectivity index (χ0) is 19.4. The number of carbonyl (C=O) groups is 2. The molecular weight excluding hydrogens is 346 g/mol. The predicted molar refractivity (Wildman–Crippen MR) is 102 cm³/mol. The van der Waals surface area contributed by atoms with Crippen LogP contribution in [-0.4, -0.2) is 30.5 Å². The molecule has 1 aromatic heterocycles. The van der Waals surface area contributed by atoms with Gasteiger partial charge in [-0.25, -0.2) is 0 Å². The standard InChI is InChI=1S/C20H21N3O4/c1-4-27-17-8-7-14(11-18(17)26-3)19(24)22-23-20(25)16-10-13-6-5-12(2)9-15(13)21-16/h5-11,21H,4H2,1-3H3,(H,22,24)(H,23,25). The van der Waals surface area contributed by atoms with Gasteiger partial charge in [-0.05, 0) is 49.7 Å². The van der Waals surface area contributed by atoms with E-state index in [0.29, 0.717) is 29.4 Å². The number of hydrogen-bond acceptors (Lipinski definition) is 4. The van der Waals surface area contributed by atoms with Crippen molar-refractivity contribution < 1.29 is 19.1 Å². The number of aromatic amines is 1. The van der Waals surface area contributed by atoms with Gasteiger partial charge in [0, 0.05) is 16.5 Å². The highest BCUT2D eigenvalue weighted by atomic mass is 16.5. The third kappa shape index (κ3) is 4.03. The third-order valence-electron chi connectivity index (χ3n) is 4.04. The lowest BCUT2D eigenvalue weighted by atomic mass is 10.2. The maximum atomic E-state index is 12.3. The Morgan fingerprint density at radius 3 is 2.52 bits per heavy atom. The Morgan fingerprint density at radius 1 is 1.00 bits per heavy atom. The molecule has 0 fully saturated rings. The zero-order valence-corrected chi connectivity index (χ0v) is 15.4. The summed E-state index contributed by atoms with van der Waals surface area (Å²) in [4.78, 5) is 27.6. The van der Waals surface area contributed by atoms with Gasteiger partial charge in [-0.3, -0.25) is 20.4 Å². The fourth-order valence-electron chi connectivity index (χ4n) is 2.70. The number of benzene rings is 2. The van der Waals surface area contributed by atoms with Crippen molar-refractivity contribution in [2.45, 2.75) is 13.8 Å². The van der Waals surface area contributed by atoms with Gasteiger partial charge < -0.3 is 14.5 Å². The molecule has 0 aliphatic heterocycles. The molecular formula is C20H21N3O4. The molecule has 7 nitrogen and oxygen atoms in total. The number of ether oxygens (including phenoxy) is 2. The van der Waals surface area contributed by atoms with Crippen molar-refractivity contribution in [1.29, 1.82) is 0 Å². The van der Waals surface area contributed by atoms with Crippen LogP contribution in [0.5, 0.6) is 11.5 Å². The second-order valence-corrected chi connectivity index (χ2v) is 5.98. The minimum absolute atomic E-state index is 0.336. The molecule has 0 atom stereocenters. The van der Waals surface area contributed by atoms with Crippen LogP contribution in [0.15, 0.2) is 42.5 Å². The van der Waals surface area contributed by atoms with Crippen LogP contribution in [0, 0.1) is 6.92 Å². The van der Waals surface area contributed by atoms with Crippen LogP contribution in [0.4, 0.5) is 0 Å². The number of methoxy groups -OCH3 is 1. The number of amides is 2. The largest absolute Gasteiger partial charge is 0.493 e. The highest BCUT2D eigenvalue weighted by Crippen LogP contribution is 2.27. The molecule has 7 heteroatoms. The van der Waals surface area contributed by atoms with Crippen LogP contribution < -0.4 is 20.3 Å². The van der Waals surface area contributed by atoms with Crippen LogP contribution in [0.1, 0.15) is 33.3 Å². The van der Waals surface area contributed by atoms with Crippen LogP contribution in [0.2, 0.25) is 0 Å². The second-order valence-electron chi connectivity index (χ2n) is 5.98. The second kappa shape index (κ2) is 7.82. The van der Waals surface area contributed by atoms with E-state index >= 15 is 0 Å². The number of hydrazine groups is 1. The molecule has 27 heavy (non-hydrogen) atoms. The maximum Gasteiger partial charge on any atom is 0.286 e. The molecule has 0 saturated carbocycles. The molecule has 2 amide bonds. The molecule has 3 aromatic rings. The fourth-order valence-corrected chi connectivity index (χ4v) is 2.70. The van der Waals surface area contributed by atoms with Gasteiger partial charge in [-0.15, -0.1) is 0 Å². The normalized spacial score (nSPS) is 10.5. The summed E-state index contributed by atoms with van der Waals surface area (Å²) in [6.07, 6.45) is 0. The first kappa shape index (κ1) is 18.3. The maximum absolute atomic E-state index is 12.3. The van der Waals surface area contributed by atoms with Crippen LogP contribution in [0.3, 0.4) is 0 Å². The summed E-state index contributed by atoms with van der Waals surface area (Å²) in [6, 6.07) is 12.4. The minimum atomic E-state index is -0.461. The first-order chi connectivity index (χ1) is 13.0. The van der Waals surface area contributed by atoms with E-state index in [2.05, 4.69) is 15.8 Å². The average molecular weight is 367 g/mol. The molecule has 0 unspecified atom stereocenters. The van der Waals surface area contributed by atoms with Crippen molar-refractivity contribution in [2.24, 2.45) is 0 Å². The highest BCUT2D eigenvalue weighted by Gasteiger charge is 2.14. The Kier molecular flexibility index (Phi) is 5.30. The van der Waals surface area contributed by atoms with Crippen molar-refractivity contribution in [3.05, 3.63) is 59.3 Å². The number of fused-ring (bicyclic) bond motifs is 1. The van der Waals surface area contributed by atoms with Crippen molar-refractivity contribution in [2.75, 3.05) is 13.7 Å². The van der Waals surface area contributed by atoms with Gasteiger partial charge in [0.15, 0.2) is 11.5 Å². The Morgan fingerprint density at radius 2 is 1.78 bits per heavy atom. The smallest absolute Gasteiger partial charge is 0.286 e. The van der Waals surface area contributed by atoms with E-state index in [1.807, 2.05) is 32.0 Å². The van der Waals surface area contributed by atoms with E-state index in [1.54, 1.807) is 24.3 Å². The summed E-state index contributed by atoms with van der Waals surface area (Å²) in [7, 11) is 1.50. The summed E-state index contributed by atoms with van der Waals surface area (Å²) in [5, 5.41) is 0.924. The predicted octanol–water partition coefficient (Wildman–Crippen LogP) is 2.96. The molecule has 0 bridgehead atoms. The summed E-state index contributed by atoms with van der Waals surface area (Å²) in [5.41, 5.74) is 7.46. The van der Waals surface area contributed by atoms with Crippen molar-refractivity contribution in [1.82, 2.24) is 15.8 Å². The van der Waals surface area contributed by atoms with Crippen LogP contribution in [0.25, 0.3) is 10.9 Å². The molecule has 3 N–H and O–H groups in total. The SMILES string of the molecule is CCOc1ccc(C(=O)NNC(=O)c2cc3ccc(C)cc3[nH]2)cc1OC. The van der Waals surface area contributed by atoms with Crippen LogP contribution in [-0.2, 0) is 0 Å². The Labute approximate surface area is 156 Å². The number of rotatable bonds is 5. The number of aromatic nitrogens is 1. The van der Waals surface area contributed by atoms with E-state index in [-0.39, 0.29) is 0 Å². The lowest BCUT2D eigenvalue weighted by molar-refractivity contribution is 0.0844. The van der Waals surface area contributed by atoms with Gasteiger partial charge in [0.1, 0.15) is 5.69 Å². The number of nitrogens with one attached hydrogen (secondary N) is 3. The molecule has 3 rings (SSSR count). The van der Waals surface area contributed by atoms with Crippen molar-refractivity contribution >= 4 is 22.7 Å². The van der Waals surface area contributed by atoms with E-state index in [4.69, 9.17) is 9.47 Å². The number of aryl methyl sites for hydroxylation is 1. The highest BCUT2D eigenvalue weighted by molar-refractivity contribution is 6.01. The zero-order valence-electron chi connectivity index (χ0n) is 15.4. The van der Waals surface area contributed by atoms with E-state index in [0.717, 1.165) is 16.5 Å². The van der Waals surface area contributed by atoms with Crippen molar-refractivity contribution in [3.63, 3.8) is 0 Å². The molecule has 0 spiro atoms. The lowest BCUT2D eigenvalue weighted by Gasteiger charge is -2.11. The van der Waals surface area contributed by atoms with E-state index in [1.165, 1.54) is 7.11 Å². The number of hydrogen-bond donors (Lipinski definition) is 3. The van der Waals surface area contributed by atoms with E-state index < -0.39 is 11.8 Å². The molecule has 0 aliphatic rings. The van der Waals surface area contributed by atoms with Crippen molar-refractivity contribution in [3.8, 4) is 11.5 Å². The molecule has 0 saturated heterocycles. The Balaban J connectivity index is 1.68. The van der Waals surface area contributed by atoms with Gasteiger partial charge >= 0.3 is 0 Å². The quantitative estimate of drug-likeness (QED) is 0.605. The van der Waals surface area contributed by atoms with E-state index in [9.17, 15) is 9.59 Å². The molecule has 140 valence electrons. The Bertz CT molecular complexity index is 994. The van der Waals surface area contributed by atoms with Gasteiger partial charge in [0.2, 0.25) is 0 Å².